The normalized spacial score (nSPS) is 13.5. The molecule has 0 aliphatic carbocycles. The number of hydrogen-bond donors (Lipinski definition) is 3. The van der Waals surface area contributed by atoms with E-state index in [0.717, 1.165) is 29.3 Å². The van der Waals surface area contributed by atoms with Gasteiger partial charge in [0.15, 0.2) is 5.69 Å². The summed E-state index contributed by atoms with van der Waals surface area (Å²) in [5, 5.41) is 4.13. The molecule has 1 amide bonds. The van der Waals surface area contributed by atoms with Crippen molar-refractivity contribution in [3.63, 3.8) is 0 Å². The first kappa shape index (κ1) is 20.1. The number of benzene rings is 1. The molecule has 1 aromatic carbocycles. The molecule has 0 aliphatic rings. The molecule has 3 aromatic rings. The van der Waals surface area contributed by atoms with Crippen LogP contribution in [0.2, 0.25) is 0 Å². The highest BCUT2D eigenvalue weighted by Crippen LogP contribution is 2.23. The van der Waals surface area contributed by atoms with E-state index in [-0.39, 0.29) is 17.6 Å². The number of H-pyrrole nitrogens is 1. The third kappa shape index (κ3) is 5.01. The molecule has 0 aliphatic heterocycles. The first-order valence-corrected chi connectivity index (χ1v) is 10.1. The average molecular weight is 383 g/mol. The van der Waals surface area contributed by atoms with E-state index in [1.807, 2.05) is 31.3 Å². The molecule has 4 N–H and O–H groups in total. The van der Waals surface area contributed by atoms with E-state index in [1.165, 1.54) is 25.5 Å². The van der Waals surface area contributed by atoms with Gasteiger partial charge in [-0.3, -0.25) is 4.79 Å². The van der Waals surface area contributed by atoms with E-state index in [2.05, 4.69) is 28.3 Å². The predicted molar refractivity (Wildman–Crippen MR) is 111 cm³/mol. The zero-order chi connectivity index (χ0) is 19.9. The van der Waals surface area contributed by atoms with E-state index in [1.54, 1.807) is 0 Å². The maximum Gasteiger partial charge on any atom is 0.273 e. The number of oxazole rings is 1. The second kappa shape index (κ2) is 9.55. The fourth-order valence-electron chi connectivity index (χ4n) is 3.43. The first-order valence-electron chi connectivity index (χ1n) is 10.1. The van der Waals surface area contributed by atoms with Crippen LogP contribution in [0.15, 0.2) is 41.1 Å². The Hall–Kier alpha value is -2.60. The SMILES string of the molecule is CCCCCCC(C)NC(=O)c1coc(C(N)Cc2c[nH]c3ccccc23)n1. The fraction of sp³-hybridized carbons (Fsp3) is 0.455. The molecule has 3 rings (SSSR count). The molecule has 6 heteroatoms. The van der Waals surface area contributed by atoms with Gasteiger partial charge in [0.1, 0.15) is 6.26 Å². The van der Waals surface area contributed by atoms with Crippen LogP contribution in [0.4, 0.5) is 0 Å². The number of carbonyl (C=O) groups excluding carboxylic acids is 1. The number of para-hydroxylation sites is 1. The van der Waals surface area contributed by atoms with E-state index in [9.17, 15) is 4.79 Å². The van der Waals surface area contributed by atoms with Gasteiger partial charge in [0.2, 0.25) is 5.89 Å². The molecule has 2 atom stereocenters. The monoisotopic (exact) mass is 382 g/mol. The van der Waals surface area contributed by atoms with Gasteiger partial charge in [-0.2, -0.15) is 0 Å². The van der Waals surface area contributed by atoms with E-state index >= 15 is 0 Å². The maximum atomic E-state index is 12.4. The molecule has 0 saturated heterocycles. The summed E-state index contributed by atoms with van der Waals surface area (Å²) in [6, 6.07) is 7.79. The van der Waals surface area contributed by atoms with Gasteiger partial charge in [0.25, 0.3) is 5.91 Å². The van der Waals surface area contributed by atoms with Crippen molar-refractivity contribution in [1.82, 2.24) is 15.3 Å². The van der Waals surface area contributed by atoms with Crippen LogP contribution in [0, 0.1) is 0 Å². The third-order valence-corrected chi connectivity index (χ3v) is 5.05. The topological polar surface area (TPSA) is 96.9 Å². The van der Waals surface area contributed by atoms with Crippen LogP contribution in [0.5, 0.6) is 0 Å². The number of aromatic nitrogens is 2. The highest BCUT2D eigenvalue weighted by atomic mass is 16.3. The lowest BCUT2D eigenvalue weighted by Gasteiger charge is -2.12. The van der Waals surface area contributed by atoms with Crippen molar-refractivity contribution in [1.29, 1.82) is 0 Å². The summed E-state index contributed by atoms with van der Waals surface area (Å²) in [6.45, 7) is 4.21. The summed E-state index contributed by atoms with van der Waals surface area (Å²) in [7, 11) is 0. The van der Waals surface area contributed by atoms with Crippen LogP contribution in [0.1, 0.15) is 73.9 Å². The second-order valence-corrected chi connectivity index (χ2v) is 7.46. The summed E-state index contributed by atoms with van der Waals surface area (Å²) in [5.74, 6) is 0.170. The summed E-state index contributed by atoms with van der Waals surface area (Å²) in [5.41, 5.74) is 8.75. The van der Waals surface area contributed by atoms with Gasteiger partial charge in [-0.1, -0.05) is 50.8 Å². The number of rotatable bonds is 10. The average Bonchev–Trinajstić information content (AvgIpc) is 3.33. The number of amides is 1. The van der Waals surface area contributed by atoms with Gasteiger partial charge >= 0.3 is 0 Å². The summed E-state index contributed by atoms with van der Waals surface area (Å²) in [4.78, 5) is 20.0. The van der Waals surface area contributed by atoms with E-state index in [4.69, 9.17) is 10.2 Å². The minimum absolute atomic E-state index is 0.115. The molecule has 150 valence electrons. The Morgan fingerprint density at radius 3 is 2.93 bits per heavy atom. The number of nitrogens with zero attached hydrogens (tertiary/aromatic N) is 1. The zero-order valence-electron chi connectivity index (χ0n) is 16.7. The summed E-state index contributed by atoms with van der Waals surface area (Å²) in [6.07, 6.45) is 9.67. The molecule has 2 heterocycles. The number of aromatic amines is 1. The Bertz CT molecular complexity index is 899. The molecule has 28 heavy (non-hydrogen) atoms. The van der Waals surface area contributed by atoms with Gasteiger partial charge in [-0.15, -0.1) is 0 Å². The van der Waals surface area contributed by atoms with Gasteiger partial charge in [-0.25, -0.2) is 4.98 Å². The highest BCUT2D eigenvalue weighted by molar-refractivity contribution is 5.92. The Kier molecular flexibility index (Phi) is 6.87. The largest absolute Gasteiger partial charge is 0.446 e. The van der Waals surface area contributed by atoms with Crippen molar-refractivity contribution in [3.8, 4) is 0 Å². The van der Waals surface area contributed by atoms with Crippen molar-refractivity contribution in [2.24, 2.45) is 5.73 Å². The highest BCUT2D eigenvalue weighted by Gasteiger charge is 2.19. The molecule has 0 radical (unpaired) electrons. The van der Waals surface area contributed by atoms with Crippen LogP contribution in [0.25, 0.3) is 10.9 Å². The quantitative estimate of drug-likeness (QED) is 0.450. The third-order valence-electron chi connectivity index (χ3n) is 5.05. The van der Waals surface area contributed by atoms with Crippen molar-refractivity contribution in [3.05, 3.63) is 53.9 Å². The van der Waals surface area contributed by atoms with Crippen LogP contribution in [0.3, 0.4) is 0 Å². The minimum Gasteiger partial charge on any atom is -0.446 e. The molecule has 0 spiro atoms. The molecule has 0 bridgehead atoms. The van der Waals surface area contributed by atoms with Crippen LogP contribution >= 0.6 is 0 Å². The van der Waals surface area contributed by atoms with Crippen molar-refractivity contribution >= 4 is 16.8 Å². The van der Waals surface area contributed by atoms with Crippen molar-refractivity contribution < 1.29 is 9.21 Å². The standard InChI is InChI=1S/C22H30N4O2/c1-3-4-5-6-9-15(2)25-21(27)20-14-28-22(26-20)18(23)12-16-13-24-19-11-8-7-10-17(16)19/h7-8,10-11,13-15,18,24H,3-6,9,12,23H2,1-2H3,(H,25,27). The number of unbranched alkanes of at least 4 members (excludes halogenated alkanes) is 3. The summed E-state index contributed by atoms with van der Waals surface area (Å²) < 4.78 is 5.50. The van der Waals surface area contributed by atoms with Gasteiger partial charge in [0, 0.05) is 23.1 Å². The Labute approximate surface area is 165 Å². The Morgan fingerprint density at radius 1 is 1.29 bits per heavy atom. The second-order valence-electron chi connectivity index (χ2n) is 7.46. The van der Waals surface area contributed by atoms with Gasteiger partial charge < -0.3 is 20.5 Å². The minimum atomic E-state index is -0.410. The molecule has 0 fully saturated rings. The molecular formula is C22H30N4O2. The molecule has 0 saturated carbocycles. The van der Waals surface area contributed by atoms with E-state index in [0.29, 0.717) is 12.3 Å². The molecular weight excluding hydrogens is 352 g/mol. The van der Waals surface area contributed by atoms with Gasteiger partial charge in [-0.05, 0) is 31.4 Å². The lowest BCUT2D eigenvalue weighted by Crippen LogP contribution is -2.32. The van der Waals surface area contributed by atoms with Crippen LogP contribution < -0.4 is 11.1 Å². The first-order chi connectivity index (χ1) is 13.6. The number of nitrogens with two attached hydrogens (primary N) is 1. The number of nitrogens with one attached hydrogen (secondary N) is 2. The lowest BCUT2D eigenvalue weighted by atomic mass is 10.1. The molecule has 2 unspecified atom stereocenters. The number of hydrogen-bond acceptors (Lipinski definition) is 4. The fourth-order valence-corrected chi connectivity index (χ4v) is 3.43. The summed E-state index contributed by atoms with van der Waals surface area (Å²) >= 11 is 0. The smallest absolute Gasteiger partial charge is 0.273 e. The molecule has 2 aromatic heterocycles. The van der Waals surface area contributed by atoms with Crippen LogP contribution in [-0.4, -0.2) is 21.9 Å². The van der Waals surface area contributed by atoms with Gasteiger partial charge in [0.05, 0.1) is 6.04 Å². The lowest BCUT2D eigenvalue weighted by molar-refractivity contribution is 0.0932. The van der Waals surface area contributed by atoms with E-state index < -0.39 is 6.04 Å². The van der Waals surface area contributed by atoms with Crippen LogP contribution in [-0.2, 0) is 6.42 Å². The zero-order valence-corrected chi connectivity index (χ0v) is 16.7. The Balaban J connectivity index is 1.56. The molecule has 6 nitrogen and oxygen atoms in total. The Morgan fingerprint density at radius 2 is 2.11 bits per heavy atom. The predicted octanol–water partition coefficient (Wildman–Crippen LogP) is 4.49. The van der Waals surface area contributed by atoms with Crippen molar-refractivity contribution in [2.75, 3.05) is 0 Å². The van der Waals surface area contributed by atoms with Crippen molar-refractivity contribution in [2.45, 2.75) is 64.5 Å². The number of fused-ring (bicyclic) bond motifs is 1. The number of carbonyl (C=O) groups is 1. The maximum absolute atomic E-state index is 12.4.